The number of benzene rings is 2. The van der Waals surface area contributed by atoms with Gasteiger partial charge in [-0.05, 0) is 92.4 Å². The number of amides is 5. The van der Waals surface area contributed by atoms with Gasteiger partial charge in [-0.3, -0.25) is 35.3 Å². The van der Waals surface area contributed by atoms with Crippen molar-refractivity contribution in [3.63, 3.8) is 0 Å². The molecule has 1 fully saturated rings. The molecule has 1 aliphatic heterocycles. The quantitative estimate of drug-likeness (QED) is 0.0142. The average molecular weight is 1110 g/mol. The van der Waals surface area contributed by atoms with Gasteiger partial charge in [0.25, 0.3) is 5.91 Å². The van der Waals surface area contributed by atoms with E-state index >= 15 is 0 Å². The van der Waals surface area contributed by atoms with Crippen molar-refractivity contribution < 1.29 is 33.4 Å². The molecule has 3 rings (SSSR count). The maximum atomic E-state index is 13.5. The number of nitrogens with zero attached hydrogens (tertiary/aromatic N) is 3. The first-order chi connectivity index (χ1) is 29.9. The number of piperidine rings is 1. The summed E-state index contributed by atoms with van der Waals surface area (Å²) < 4.78 is 11.1. The minimum absolute atomic E-state index is 0. The Hall–Kier alpha value is -7.43. The van der Waals surface area contributed by atoms with Crippen molar-refractivity contribution >= 4 is 47.8 Å². The number of terminal acetylenes is 1. The Morgan fingerprint density at radius 2 is 1.75 bits per heavy atom. The van der Waals surface area contributed by atoms with Gasteiger partial charge >= 0.3 is 6.09 Å². The molecule has 0 spiro atoms. The molecular weight excluding hydrogens is 1050 g/mol. The van der Waals surface area contributed by atoms with Crippen LogP contribution in [0.15, 0.2) is 59.2 Å². The van der Waals surface area contributed by atoms with Crippen LogP contribution in [0.4, 0.5) is 16.2 Å². The molecule has 7 N–H and O–H groups in total. The predicted octanol–water partition coefficient (Wildman–Crippen LogP) is 4.26. The van der Waals surface area contributed by atoms with Crippen molar-refractivity contribution in [3.05, 3.63) is 70.9 Å². The van der Waals surface area contributed by atoms with Gasteiger partial charge < -0.3 is 40.4 Å². The SMILES string of the molecule is C#CCOCc1cc(NC(=O)[C@H](C)NC(=O)C(N[C-]=O)C(C)C)ccc1COC(=O)Nc1cccc(C(=O)N2CCC(CCCCNC(NC#N)N/C(C=NC)=C/CC)CC2)c1.[Fm]. The van der Waals surface area contributed by atoms with Crippen LogP contribution in [0.3, 0.4) is 0 Å². The van der Waals surface area contributed by atoms with Crippen LogP contribution in [-0.4, -0.2) is 93.0 Å². The summed E-state index contributed by atoms with van der Waals surface area (Å²) in [5, 5.41) is 28.9. The summed E-state index contributed by atoms with van der Waals surface area (Å²) in [7, 11) is 1.70. The van der Waals surface area contributed by atoms with E-state index in [1.807, 2.05) is 24.1 Å². The molecule has 1 heterocycles. The fourth-order valence-corrected chi connectivity index (χ4v) is 6.73. The molecule has 0 bridgehead atoms. The van der Waals surface area contributed by atoms with Gasteiger partial charge in [-0.2, -0.15) is 11.7 Å². The number of anilines is 2. The second kappa shape index (κ2) is 28.2. The summed E-state index contributed by atoms with van der Waals surface area (Å²) in [5.41, 5.74) is 3.31. The summed E-state index contributed by atoms with van der Waals surface area (Å²) >= 11 is 0. The van der Waals surface area contributed by atoms with Crippen molar-refractivity contribution in [1.29, 1.82) is 5.26 Å². The van der Waals surface area contributed by atoms with Gasteiger partial charge in [-0.15, -0.1) is 6.42 Å². The first-order valence-corrected chi connectivity index (χ1v) is 20.9. The number of allylic oxidation sites excluding steroid dienone is 2. The molecule has 17 nitrogen and oxygen atoms in total. The minimum atomic E-state index is -0.928. The van der Waals surface area contributed by atoms with Crippen molar-refractivity contribution in [2.75, 3.05) is 43.9 Å². The topological polar surface area (TPSA) is 227 Å². The van der Waals surface area contributed by atoms with Crippen molar-refractivity contribution in [3.8, 4) is 18.5 Å². The molecule has 2 aromatic rings. The molecule has 63 heavy (non-hydrogen) atoms. The Kier molecular flexibility index (Phi) is 23.1. The summed E-state index contributed by atoms with van der Waals surface area (Å²) in [6, 6.07) is 9.91. The second-order valence-corrected chi connectivity index (χ2v) is 15.1. The van der Waals surface area contributed by atoms with Crippen LogP contribution in [-0.2, 0) is 37.1 Å². The molecule has 18 heteroatoms. The van der Waals surface area contributed by atoms with Gasteiger partial charge in [0, 0.05) is 43.3 Å². The smallest absolute Gasteiger partial charge is 0.411 e. The summed E-state index contributed by atoms with van der Waals surface area (Å²) in [5.74, 6) is 1.58. The third-order valence-corrected chi connectivity index (χ3v) is 10.0. The summed E-state index contributed by atoms with van der Waals surface area (Å²) in [4.78, 5) is 68.7. The molecule has 2 aromatic carbocycles. The number of ether oxygens (including phenoxy) is 2. The second-order valence-electron chi connectivity index (χ2n) is 15.1. The van der Waals surface area contributed by atoms with Crippen LogP contribution < -0.4 is 37.2 Å². The number of hydrogen-bond donors (Lipinski definition) is 7. The number of rotatable bonds is 25. The molecule has 5 amide bonds. The summed E-state index contributed by atoms with van der Waals surface area (Å²) in [6.07, 6.45) is 17.2. The molecular formula is C45H61FmN10O7-. The third-order valence-electron chi connectivity index (χ3n) is 10.0. The largest absolute Gasteiger partial charge is 0.520 e. The van der Waals surface area contributed by atoms with Gasteiger partial charge in [0.15, 0.2) is 12.5 Å². The first-order valence-electron chi connectivity index (χ1n) is 20.9. The van der Waals surface area contributed by atoms with Crippen LogP contribution >= 0.6 is 0 Å². The van der Waals surface area contributed by atoms with Crippen LogP contribution in [0, 0.1) is 35.6 Å². The Labute approximate surface area is 365 Å². The average Bonchev–Trinajstić information content (AvgIpc) is 3.25. The Bertz CT molecular complexity index is 1940. The van der Waals surface area contributed by atoms with E-state index in [1.165, 1.54) is 13.3 Å². The van der Waals surface area contributed by atoms with Crippen molar-refractivity contribution in [2.45, 2.75) is 97.8 Å². The number of carbonyl (C=O) groups excluding carboxylic acids is 5. The first kappa shape index (κ1) is 51.7. The fraction of sp³-hybridized carbons (Fsp3) is 0.489. The molecule has 2 unspecified atom stereocenters. The van der Waals surface area contributed by atoms with E-state index in [4.69, 9.17) is 21.2 Å². The van der Waals surface area contributed by atoms with E-state index < -0.39 is 36.3 Å². The predicted molar refractivity (Wildman–Crippen MR) is 238 cm³/mol. The van der Waals surface area contributed by atoms with Crippen LogP contribution in [0.2, 0.25) is 0 Å². The number of nitriles is 1. The Balaban J connectivity index is 0.0000137. The number of carbonyl (C=O) groups is 4. The van der Waals surface area contributed by atoms with Gasteiger partial charge in [0.1, 0.15) is 19.3 Å². The van der Waals surface area contributed by atoms with E-state index in [0.717, 1.165) is 50.8 Å². The Morgan fingerprint density at radius 3 is 2.41 bits per heavy atom. The van der Waals surface area contributed by atoms with E-state index in [0.29, 0.717) is 47.1 Å². The van der Waals surface area contributed by atoms with Gasteiger partial charge in [-0.25, -0.2) is 4.79 Å². The zero-order chi connectivity index (χ0) is 45.3. The molecule has 1 saturated heterocycles. The van der Waals surface area contributed by atoms with E-state index in [1.54, 1.807) is 69.6 Å². The molecule has 0 aliphatic carbocycles. The number of likely N-dealkylation sites (tertiary alicyclic amines) is 1. The van der Waals surface area contributed by atoms with Crippen LogP contribution in [0.5, 0.6) is 0 Å². The minimum Gasteiger partial charge on any atom is -0.520 e. The third kappa shape index (κ3) is 18.0. The number of nitrogens with one attached hydrogen (secondary N) is 7. The van der Waals surface area contributed by atoms with Crippen molar-refractivity contribution in [1.82, 2.24) is 31.5 Å². The van der Waals surface area contributed by atoms with Gasteiger partial charge in [-0.1, -0.05) is 57.7 Å². The van der Waals surface area contributed by atoms with Gasteiger partial charge in [0.05, 0.1) is 18.3 Å². The number of hydrogen-bond acceptors (Lipinski definition) is 12. The molecule has 0 aromatic heterocycles. The standard InChI is InChI=1S/C45H61N10O7.Fm/c1-7-12-39(26-47-6)53-44(49-29-46)48-20-10-9-13-33-18-21-55(22-19-33)43(59)34-14-11-15-37(24-34)54-45(60)62-28-35-16-17-38(25-36(35)27-61-23-8-2)52-41(57)32(5)51-42(58)40(31(3)4)50-30-56;/h2,11-12,14-17,24-26,31-33,40,44,48-49,53H,7,9-10,13,18-23,27-28H2,1,3-6H3,(H,50,56)(H,51,58)(H,52,57)(H,54,60);/q-1;/b39-12+,47-26?;/t32-,40?,44?;/m0./s1. The molecule has 3 atom stereocenters. The molecule has 0 saturated carbocycles. The van der Waals surface area contributed by atoms with Crippen LogP contribution in [0.25, 0.3) is 0 Å². The number of aliphatic imine (C=N–C) groups is 1. The molecule has 346 valence electrons. The Morgan fingerprint density at radius 1 is 1.00 bits per heavy atom. The van der Waals surface area contributed by atoms with Gasteiger partial charge in [0.2, 0.25) is 11.8 Å². The normalized spacial score (nSPS) is 14.2. The van der Waals surface area contributed by atoms with E-state index in [2.05, 4.69) is 48.1 Å². The molecule has 0 radical (unpaired) electrons. The maximum Gasteiger partial charge on any atom is 0.411 e. The zero-order valence-electron chi connectivity index (χ0n) is 36.6. The molecule has 1 aliphatic rings. The monoisotopic (exact) mass is 1110 g/mol. The van der Waals surface area contributed by atoms with Crippen LogP contribution in [0.1, 0.15) is 87.7 Å². The maximum absolute atomic E-state index is 13.5. The van der Waals surface area contributed by atoms with E-state index in [9.17, 15) is 24.0 Å². The van der Waals surface area contributed by atoms with Crippen molar-refractivity contribution in [2.24, 2.45) is 16.8 Å². The number of unbranched alkanes of at least 4 members (excludes halogenated alkanes) is 1. The summed E-state index contributed by atoms with van der Waals surface area (Å²) in [6.45, 7) is 9.06. The van der Waals surface area contributed by atoms with E-state index in [-0.39, 0.29) is 31.6 Å². The fourth-order valence-electron chi connectivity index (χ4n) is 6.73. The zero-order valence-corrected chi connectivity index (χ0v) is 39.0.